The molecule has 0 radical (unpaired) electrons. The highest BCUT2D eigenvalue weighted by Gasteiger charge is 2.23. The van der Waals surface area contributed by atoms with Crippen LogP contribution in [-0.2, 0) is 9.53 Å². The molecule has 1 fully saturated rings. The Hall–Kier alpha value is -2.49. The molecule has 1 unspecified atom stereocenters. The Morgan fingerprint density at radius 3 is 2.81 bits per heavy atom. The van der Waals surface area contributed by atoms with Crippen molar-refractivity contribution in [2.45, 2.75) is 26.3 Å². The zero-order valence-corrected chi connectivity index (χ0v) is 19.1. The fourth-order valence-corrected chi connectivity index (χ4v) is 4.17. The van der Waals surface area contributed by atoms with Gasteiger partial charge in [-0.3, -0.25) is 14.7 Å². The third-order valence-corrected chi connectivity index (χ3v) is 5.92. The summed E-state index contributed by atoms with van der Waals surface area (Å²) >= 11 is 1.76. The molecular formula is C22H32N6O2S. The second-order valence-corrected chi connectivity index (χ2v) is 8.32. The van der Waals surface area contributed by atoms with E-state index in [9.17, 15) is 4.79 Å². The average Bonchev–Trinajstić information content (AvgIpc) is 3.31. The minimum Gasteiger partial charge on any atom is -0.379 e. The van der Waals surface area contributed by atoms with Gasteiger partial charge in [0.05, 0.1) is 25.8 Å². The van der Waals surface area contributed by atoms with Gasteiger partial charge in [0.25, 0.3) is 0 Å². The third-order valence-electron chi connectivity index (χ3n) is 4.95. The molecule has 8 nitrogen and oxygen atoms in total. The molecule has 31 heavy (non-hydrogen) atoms. The van der Waals surface area contributed by atoms with Crippen molar-refractivity contribution in [1.29, 1.82) is 0 Å². The van der Waals surface area contributed by atoms with Crippen LogP contribution in [0.2, 0.25) is 0 Å². The van der Waals surface area contributed by atoms with E-state index >= 15 is 0 Å². The monoisotopic (exact) mass is 444 g/mol. The van der Waals surface area contributed by atoms with Crippen molar-refractivity contribution in [2.24, 2.45) is 4.99 Å². The lowest BCUT2D eigenvalue weighted by atomic mass is 10.2. The molecule has 1 aliphatic rings. The summed E-state index contributed by atoms with van der Waals surface area (Å²) in [4.78, 5) is 25.0. The highest BCUT2D eigenvalue weighted by atomic mass is 32.1. The predicted molar refractivity (Wildman–Crippen MR) is 126 cm³/mol. The van der Waals surface area contributed by atoms with Crippen molar-refractivity contribution in [3.8, 4) is 0 Å². The Morgan fingerprint density at radius 1 is 1.29 bits per heavy atom. The van der Waals surface area contributed by atoms with Gasteiger partial charge in [0.15, 0.2) is 5.96 Å². The van der Waals surface area contributed by atoms with Crippen LogP contribution >= 0.6 is 11.3 Å². The van der Waals surface area contributed by atoms with E-state index in [2.05, 4.69) is 43.3 Å². The number of hydrogen-bond donors (Lipinski definition) is 3. The molecule has 3 rings (SSSR count). The van der Waals surface area contributed by atoms with E-state index in [-0.39, 0.29) is 11.9 Å². The van der Waals surface area contributed by atoms with E-state index in [0.717, 1.165) is 44.4 Å². The summed E-state index contributed by atoms with van der Waals surface area (Å²) < 4.78 is 5.51. The van der Waals surface area contributed by atoms with Crippen LogP contribution in [0.1, 0.15) is 29.8 Å². The smallest absolute Gasteiger partial charge is 0.227 e. The van der Waals surface area contributed by atoms with Crippen LogP contribution in [0.5, 0.6) is 0 Å². The van der Waals surface area contributed by atoms with Gasteiger partial charge in [-0.15, -0.1) is 11.3 Å². The van der Waals surface area contributed by atoms with E-state index in [1.54, 1.807) is 17.5 Å². The number of hydrogen-bond acceptors (Lipinski definition) is 6. The van der Waals surface area contributed by atoms with Gasteiger partial charge in [0.1, 0.15) is 5.82 Å². The summed E-state index contributed by atoms with van der Waals surface area (Å²) in [6, 6.07) is 8.22. The van der Waals surface area contributed by atoms with Crippen LogP contribution in [-0.4, -0.2) is 67.7 Å². The fraction of sp³-hybridized carbons (Fsp3) is 0.500. The van der Waals surface area contributed by atoms with Crippen molar-refractivity contribution in [3.05, 3.63) is 46.3 Å². The van der Waals surface area contributed by atoms with Gasteiger partial charge in [-0.25, -0.2) is 4.98 Å². The van der Waals surface area contributed by atoms with Crippen molar-refractivity contribution in [3.63, 3.8) is 0 Å². The number of aliphatic imine (C=N–C) groups is 1. The normalized spacial score (nSPS) is 16.0. The number of amides is 1. The molecule has 168 valence electrons. The molecule has 3 N–H and O–H groups in total. The van der Waals surface area contributed by atoms with Crippen molar-refractivity contribution in [2.75, 3.05) is 51.3 Å². The molecule has 0 spiro atoms. The first-order valence-electron chi connectivity index (χ1n) is 10.8. The minimum absolute atomic E-state index is 0.0792. The summed E-state index contributed by atoms with van der Waals surface area (Å²) in [5, 5.41) is 11.5. The lowest BCUT2D eigenvalue weighted by Gasteiger charge is -2.33. The van der Waals surface area contributed by atoms with E-state index in [1.165, 1.54) is 4.88 Å². The molecule has 0 saturated carbocycles. The van der Waals surface area contributed by atoms with Gasteiger partial charge in [-0.05, 0) is 36.9 Å². The minimum atomic E-state index is -0.0792. The number of nitrogens with zero attached hydrogens (tertiary/aromatic N) is 3. The standard InChI is InChI=1S/C22H32N6O2S/c1-3-23-22(24-9-8-21(29)27-20-7-6-17(2)15-25-20)26-16-18(19-5-4-14-31-19)28-10-12-30-13-11-28/h4-7,14-15,18H,3,8-13,16H2,1-2H3,(H2,23,24,26)(H,25,27,29). The highest BCUT2D eigenvalue weighted by molar-refractivity contribution is 7.10. The lowest BCUT2D eigenvalue weighted by Crippen LogP contribution is -2.42. The Labute approximate surface area is 188 Å². The SMILES string of the molecule is CCNC(=NCC(c1cccs1)N1CCOCC1)NCCC(=O)Nc1ccc(C)cn1. The first-order valence-corrected chi connectivity index (χ1v) is 11.6. The van der Waals surface area contributed by atoms with Crippen molar-refractivity contribution in [1.82, 2.24) is 20.5 Å². The molecule has 1 atom stereocenters. The van der Waals surface area contributed by atoms with E-state index in [0.29, 0.717) is 25.3 Å². The highest BCUT2D eigenvalue weighted by Crippen LogP contribution is 2.26. The first-order chi connectivity index (χ1) is 15.2. The topological polar surface area (TPSA) is 90.9 Å². The molecule has 2 aromatic heterocycles. The average molecular weight is 445 g/mol. The summed E-state index contributed by atoms with van der Waals surface area (Å²) in [7, 11) is 0. The van der Waals surface area contributed by atoms with Gasteiger partial charge in [0, 0.05) is 43.7 Å². The molecule has 0 aromatic carbocycles. The van der Waals surface area contributed by atoms with Gasteiger partial charge in [-0.1, -0.05) is 12.1 Å². The summed E-state index contributed by atoms with van der Waals surface area (Å²) in [5.41, 5.74) is 1.06. The predicted octanol–water partition coefficient (Wildman–Crippen LogP) is 2.41. The number of pyridine rings is 1. The molecule has 0 bridgehead atoms. The second-order valence-electron chi connectivity index (χ2n) is 7.34. The Morgan fingerprint density at radius 2 is 2.13 bits per heavy atom. The molecule has 3 heterocycles. The van der Waals surface area contributed by atoms with Crippen LogP contribution in [0.15, 0.2) is 40.8 Å². The zero-order chi connectivity index (χ0) is 21.9. The van der Waals surface area contributed by atoms with Gasteiger partial charge >= 0.3 is 0 Å². The Balaban J connectivity index is 1.53. The Bertz CT molecular complexity index is 819. The molecule has 1 aliphatic heterocycles. The number of rotatable bonds is 9. The van der Waals surface area contributed by atoms with Gasteiger partial charge in [0.2, 0.25) is 5.91 Å². The number of aromatic nitrogens is 1. The maximum absolute atomic E-state index is 12.2. The number of thiophene rings is 1. The number of nitrogens with one attached hydrogen (secondary N) is 3. The molecule has 1 amide bonds. The fourth-order valence-electron chi connectivity index (χ4n) is 3.32. The van der Waals surface area contributed by atoms with Gasteiger partial charge < -0.3 is 20.7 Å². The van der Waals surface area contributed by atoms with Gasteiger partial charge in [-0.2, -0.15) is 0 Å². The summed E-state index contributed by atoms with van der Waals surface area (Å²) in [6.45, 7) is 9.23. The second kappa shape index (κ2) is 12.4. The number of guanidine groups is 1. The Kier molecular flexibility index (Phi) is 9.26. The lowest BCUT2D eigenvalue weighted by molar-refractivity contribution is -0.116. The first kappa shape index (κ1) is 23.2. The molecule has 2 aromatic rings. The maximum Gasteiger partial charge on any atom is 0.227 e. The zero-order valence-electron chi connectivity index (χ0n) is 18.3. The molecule has 9 heteroatoms. The van der Waals surface area contributed by atoms with Crippen LogP contribution in [0, 0.1) is 6.92 Å². The van der Waals surface area contributed by atoms with Crippen LogP contribution < -0.4 is 16.0 Å². The van der Waals surface area contributed by atoms with Crippen molar-refractivity contribution >= 4 is 29.0 Å². The van der Waals surface area contributed by atoms with Crippen molar-refractivity contribution < 1.29 is 9.53 Å². The number of aryl methyl sites for hydroxylation is 1. The van der Waals surface area contributed by atoms with Crippen LogP contribution in [0.25, 0.3) is 0 Å². The van der Waals surface area contributed by atoms with E-state index in [1.807, 2.05) is 26.0 Å². The molecule has 0 aliphatic carbocycles. The summed E-state index contributed by atoms with van der Waals surface area (Å²) in [6.07, 6.45) is 2.07. The molecular weight excluding hydrogens is 412 g/mol. The van der Waals surface area contributed by atoms with E-state index in [4.69, 9.17) is 9.73 Å². The molecule has 1 saturated heterocycles. The summed E-state index contributed by atoms with van der Waals surface area (Å²) in [5.74, 6) is 1.21. The quantitative estimate of drug-likeness (QED) is 0.406. The third kappa shape index (κ3) is 7.61. The number of carbonyl (C=O) groups is 1. The maximum atomic E-state index is 12.2. The van der Waals surface area contributed by atoms with Crippen LogP contribution in [0.3, 0.4) is 0 Å². The largest absolute Gasteiger partial charge is 0.379 e. The number of morpholine rings is 1. The number of carbonyl (C=O) groups excluding carboxylic acids is 1. The number of anilines is 1. The van der Waals surface area contributed by atoms with Crippen LogP contribution in [0.4, 0.5) is 5.82 Å². The van der Waals surface area contributed by atoms with E-state index < -0.39 is 0 Å². The number of ether oxygens (including phenoxy) is 1.